The van der Waals surface area contributed by atoms with Crippen LogP contribution in [0.1, 0.15) is 26.5 Å². The molecule has 1 aromatic rings. The minimum Gasteiger partial charge on any atom is -0.333 e. The first-order chi connectivity index (χ1) is 6.79. The van der Waals surface area contributed by atoms with Gasteiger partial charge >= 0.3 is 6.03 Å². The maximum Gasteiger partial charge on any atom is 0.323 e. The summed E-state index contributed by atoms with van der Waals surface area (Å²) in [5.41, 5.74) is 0.711. The Bertz CT molecular complexity index is 354. The first-order valence-corrected chi connectivity index (χ1v) is 5.65. The number of amides is 2. The van der Waals surface area contributed by atoms with Gasteiger partial charge in [0.25, 0.3) is 0 Å². The average Bonchev–Trinajstić information content (AvgIpc) is 2.47. The van der Waals surface area contributed by atoms with Gasteiger partial charge in [-0.05, 0) is 27.7 Å². The highest BCUT2D eigenvalue weighted by Crippen LogP contribution is 2.18. The van der Waals surface area contributed by atoms with Crippen molar-refractivity contribution in [1.82, 2.24) is 10.3 Å². The number of aromatic nitrogens is 1. The lowest BCUT2D eigenvalue weighted by Gasteiger charge is -2.24. The molecule has 0 aliphatic heterocycles. The Balaban J connectivity index is 2.69. The predicted octanol–water partition coefficient (Wildman–Crippen LogP) is 2.40. The van der Waals surface area contributed by atoms with Gasteiger partial charge in [-0.3, -0.25) is 4.90 Å². The number of nitrogens with zero attached hydrogens (tertiary/aromatic N) is 2. The van der Waals surface area contributed by atoms with E-state index in [1.165, 1.54) is 16.2 Å². The van der Waals surface area contributed by atoms with Crippen molar-refractivity contribution in [1.29, 1.82) is 0 Å². The molecule has 0 fully saturated rings. The number of carbonyl (C=O) groups excluding carboxylic acids is 1. The van der Waals surface area contributed by atoms with Crippen molar-refractivity contribution in [3.8, 4) is 0 Å². The summed E-state index contributed by atoms with van der Waals surface area (Å²) in [4.78, 5) is 17.5. The van der Waals surface area contributed by atoms with Gasteiger partial charge in [0.1, 0.15) is 0 Å². The number of urea groups is 1. The van der Waals surface area contributed by atoms with Crippen LogP contribution in [-0.4, -0.2) is 23.6 Å². The minimum absolute atomic E-state index is 0.128. The highest BCUT2D eigenvalue weighted by Gasteiger charge is 2.19. The molecule has 0 atom stereocenters. The van der Waals surface area contributed by atoms with Gasteiger partial charge in [-0.1, -0.05) is 0 Å². The number of rotatable bonds is 1. The zero-order valence-corrected chi connectivity index (χ0v) is 10.6. The van der Waals surface area contributed by atoms with Crippen molar-refractivity contribution in [2.45, 2.75) is 33.2 Å². The van der Waals surface area contributed by atoms with Crippen LogP contribution in [0.2, 0.25) is 0 Å². The monoisotopic (exact) mass is 227 g/mol. The van der Waals surface area contributed by atoms with E-state index in [2.05, 4.69) is 10.3 Å². The number of nitrogens with one attached hydrogen (secondary N) is 1. The van der Waals surface area contributed by atoms with Crippen molar-refractivity contribution >= 4 is 22.5 Å². The number of hydrogen-bond donors (Lipinski definition) is 1. The summed E-state index contributed by atoms with van der Waals surface area (Å²) < 4.78 is 0. The Labute approximate surface area is 94.3 Å². The van der Waals surface area contributed by atoms with Crippen molar-refractivity contribution in [2.75, 3.05) is 11.9 Å². The number of carbonyl (C=O) groups is 1. The maximum atomic E-state index is 11.7. The summed E-state index contributed by atoms with van der Waals surface area (Å²) in [7, 11) is 1.72. The van der Waals surface area contributed by atoms with Crippen LogP contribution < -0.4 is 10.2 Å². The van der Waals surface area contributed by atoms with Gasteiger partial charge in [-0.15, -0.1) is 11.3 Å². The molecule has 1 N–H and O–H groups in total. The maximum absolute atomic E-state index is 11.7. The molecule has 0 radical (unpaired) electrons. The lowest BCUT2D eigenvalue weighted by molar-refractivity contribution is 0.239. The molecule has 0 spiro atoms. The highest BCUT2D eigenvalue weighted by atomic mass is 32.1. The molecular formula is C10H17N3OS. The van der Waals surface area contributed by atoms with E-state index in [1.807, 2.05) is 33.1 Å². The quantitative estimate of drug-likeness (QED) is 0.800. The topological polar surface area (TPSA) is 45.2 Å². The third kappa shape index (κ3) is 3.51. The third-order valence-corrected chi connectivity index (χ3v) is 2.72. The Morgan fingerprint density at radius 3 is 2.53 bits per heavy atom. The van der Waals surface area contributed by atoms with Crippen LogP contribution in [0.3, 0.4) is 0 Å². The first kappa shape index (κ1) is 12.0. The van der Waals surface area contributed by atoms with Crippen molar-refractivity contribution < 1.29 is 4.79 Å². The van der Waals surface area contributed by atoms with E-state index in [1.54, 1.807) is 7.05 Å². The fourth-order valence-electron chi connectivity index (χ4n) is 0.987. The summed E-state index contributed by atoms with van der Waals surface area (Å²) in [6, 6.07) is -0.128. The number of hydrogen-bond acceptors (Lipinski definition) is 3. The fraction of sp³-hybridized carbons (Fsp3) is 0.600. The smallest absolute Gasteiger partial charge is 0.323 e. The van der Waals surface area contributed by atoms with E-state index in [0.29, 0.717) is 5.13 Å². The van der Waals surface area contributed by atoms with Crippen molar-refractivity contribution in [3.63, 3.8) is 0 Å². The van der Waals surface area contributed by atoms with E-state index in [-0.39, 0.29) is 11.6 Å². The van der Waals surface area contributed by atoms with Gasteiger partial charge in [0.2, 0.25) is 0 Å². The van der Waals surface area contributed by atoms with E-state index in [4.69, 9.17) is 0 Å². The lowest BCUT2D eigenvalue weighted by Crippen LogP contribution is -2.47. The van der Waals surface area contributed by atoms with Crippen LogP contribution in [0.5, 0.6) is 0 Å². The Kier molecular flexibility index (Phi) is 3.34. The SMILES string of the molecule is Cc1csc(N(C)C(=O)NC(C)(C)C)n1. The summed E-state index contributed by atoms with van der Waals surface area (Å²) in [5, 5.41) is 5.52. The number of aryl methyl sites for hydroxylation is 1. The van der Waals surface area contributed by atoms with Gasteiger partial charge in [0.05, 0.1) is 5.69 Å². The zero-order chi connectivity index (χ0) is 11.6. The van der Waals surface area contributed by atoms with Crippen LogP contribution >= 0.6 is 11.3 Å². The molecule has 84 valence electrons. The van der Waals surface area contributed by atoms with E-state index >= 15 is 0 Å². The molecule has 0 aromatic carbocycles. The minimum atomic E-state index is -0.225. The number of thiazole rings is 1. The van der Waals surface area contributed by atoms with E-state index in [0.717, 1.165) is 5.69 Å². The van der Waals surface area contributed by atoms with Crippen LogP contribution in [-0.2, 0) is 0 Å². The first-order valence-electron chi connectivity index (χ1n) is 4.77. The number of anilines is 1. The molecule has 0 unspecified atom stereocenters. The van der Waals surface area contributed by atoms with Crippen LogP contribution in [0.4, 0.5) is 9.93 Å². The molecule has 1 rings (SSSR count). The van der Waals surface area contributed by atoms with Crippen molar-refractivity contribution in [3.05, 3.63) is 11.1 Å². The summed E-state index contributed by atoms with van der Waals surface area (Å²) in [6.45, 7) is 7.76. The molecule has 0 saturated carbocycles. The molecule has 4 nitrogen and oxygen atoms in total. The van der Waals surface area contributed by atoms with Gasteiger partial charge in [0, 0.05) is 18.0 Å². The standard InChI is InChI=1S/C10H17N3OS/c1-7-6-15-9(11-7)13(5)8(14)12-10(2,3)4/h6H,1-5H3,(H,12,14). The molecule has 1 heterocycles. The molecule has 5 heteroatoms. The molecule has 0 bridgehead atoms. The van der Waals surface area contributed by atoms with E-state index in [9.17, 15) is 4.79 Å². The van der Waals surface area contributed by atoms with E-state index < -0.39 is 0 Å². The third-order valence-electron chi connectivity index (χ3n) is 1.68. The second kappa shape index (κ2) is 4.18. The second-order valence-corrected chi connectivity index (χ2v) is 5.35. The molecular weight excluding hydrogens is 210 g/mol. The normalized spacial score (nSPS) is 11.3. The second-order valence-electron chi connectivity index (χ2n) is 4.51. The summed E-state index contributed by atoms with van der Waals surface area (Å²) in [5.74, 6) is 0. The molecule has 0 saturated heterocycles. The average molecular weight is 227 g/mol. The van der Waals surface area contributed by atoms with Crippen LogP contribution in [0.25, 0.3) is 0 Å². The lowest BCUT2D eigenvalue weighted by atomic mass is 10.1. The Morgan fingerprint density at radius 2 is 2.13 bits per heavy atom. The molecule has 15 heavy (non-hydrogen) atoms. The summed E-state index contributed by atoms with van der Waals surface area (Å²) in [6.07, 6.45) is 0. The largest absolute Gasteiger partial charge is 0.333 e. The Morgan fingerprint density at radius 1 is 1.53 bits per heavy atom. The molecule has 0 aliphatic carbocycles. The highest BCUT2D eigenvalue weighted by molar-refractivity contribution is 7.14. The molecule has 0 aliphatic rings. The van der Waals surface area contributed by atoms with Gasteiger partial charge < -0.3 is 5.32 Å². The van der Waals surface area contributed by atoms with Gasteiger partial charge in [0.15, 0.2) is 5.13 Å². The zero-order valence-electron chi connectivity index (χ0n) is 9.79. The van der Waals surface area contributed by atoms with Gasteiger partial charge in [-0.2, -0.15) is 0 Å². The van der Waals surface area contributed by atoms with Crippen molar-refractivity contribution in [2.24, 2.45) is 0 Å². The van der Waals surface area contributed by atoms with Crippen LogP contribution in [0, 0.1) is 6.92 Å². The molecule has 2 amide bonds. The fourth-order valence-corrected chi connectivity index (χ4v) is 1.75. The van der Waals surface area contributed by atoms with Gasteiger partial charge in [-0.25, -0.2) is 9.78 Å². The predicted molar refractivity (Wildman–Crippen MR) is 63.5 cm³/mol. The van der Waals surface area contributed by atoms with Crippen LogP contribution in [0.15, 0.2) is 5.38 Å². The molecule has 1 aromatic heterocycles. The Hall–Kier alpha value is -1.10. The summed E-state index contributed by atoms with van der Waals surface area (Å²) >= 11 is 1.47.